The quantitative estimate of drug-likeness (QED) is 0.555. The van der Waals surface area contributed by atoms with Crippen LogP contribution >= 0.6 is 0 Å². The molecule has 1 unspecified atom stereocenters. The fourth-order valence-corrected chi connectivity index (χ4v) is 5.55. The molecular weight excluding hydrogens is 443 g/mol. The molecule has 170 valence electrons. The summed E-state index contributed by atoms with van der Waals surface area (Å²) in [5.74, 6) is -2.06. The van der Waals surface area contributed by atoms with E-state index in [1.807, 2.05) is 24.3 Å². The highest BCUT2D eigenvalue weighted by Crippen LogP contribution is 2.25. The van der Waals surface area contributed by atoms with Crippen molar-refractivity contribution in [3.63, 3.8) is 0 Å². The van der Waals surface area contributed by atoms with Crippen LogP contribution in [0.25, 0.3) is 5.57 Å². The Balaban J connectivity index is 1.76. The molecule has 1 heterocycles. The number of nitrogens with zero attached hydrogens (tertiary/aromatic N) is 1. The van der Waals surface area contributed by atoms with Crippen molar-refractivity contribution in [3.8, 4) is 0 Å². The molecule has 0 radical (unpaired) electrons. The van der Waals surface area contributed by atoms with Crippen molar-refractivity contribution in [3.05, 3.63) is 82.6 Å². The van der Waals surface area contributed by atoms with Crippen LogP contribution in [0.4, 0.5) is 15.8 Å². The number of hydrogen-bond acceptors (Lipinski definition) is 5. The van der Waals surface area contributed by atoms with E-state index in [9.17, 15) is 22.7 Å². The highest BCUT2D eigenvalue weighted by molar-refractivity contribution is 7.91. The van der Waals surface area contributed by atoms with Crippen molar-refractivity contribution in [2.75, 3.05) is 5.32 Å². The average Bonchev–Trinajstić information content (AvgIpc) is 3.08. The highest BCUT2D eigenvalue weighted by Gasteiger charge is 2.29. The zero-order valence-corrected chi connectivity index (χ0v) is 19.0. The first-order chi connectivity index (χ1) is 15.7. The largest absolute Gasteiger partial charge is 0.481 e. The molecular formula is C25H23FN2O4S. The topological polar surface area (TPSA) is 95.8 Å². The Hall–Kier alpha value is -3.52. The first-order valence-electron chi connectivity index (χ1n) is 10.5. The molecule has 8 heteroatoms. The maximum absolute atomic E-state index is 14.9. The van der Waals surface area contributed by atoms with Crippen LogP contribution in [0.2, 0.25) is 0 Å². The molecule has 0 amide bonds. The van der Waals surface area contributed by atoms with E-state index in [0.717, 1.165) is 18.2 Å². The number of fused-ring (bicyclic) bond motifs is 1. The Morgan fingerprint density at radius 1 is 1.09 bits per heavy atom. The number of anilines is 2. The molecule has 0 fully saturated rings. The van der Waals surface area contributed by atoms with Crippen molar-refractivity contribution >= 4 is 32.8 Å². The third-order valence-corrected chi connectivity index (χ3v) is 7.47. The third kappa shape index (κ3) is 4.39. The van der Waals surface area contributed by atoms with Gasteiger partial charge in [-0.2, -0.15) is 0 Å². The minimum atomic E-state index is -4.26. The van der Waals surface area contributed by atoms with Gasteiger partial charge in [0.05, 0.1) is 22.7 Å². The lowest BCUT2D eigenvalue weighted by atomic mass is 10.0. The van der Waals surface area contributed by atoms with Gasteiger partial charge in [0.25, 0.3) is 0 Å². The Morgan fingerprint density at radius 2 is 1.82 bits per heavy atom. The molecule has 0 saturated heterocycles. The van der Waals surface area contributed by atoms with Crippen LogP contribution in [0.1, 0.15) is 25.8 Å². The predicted molar refractivity (Wildman–Crippen MR) is 123 cm³/mol. The molecule has 1 atom stereocenters. The van der Waals surface area contributed by atoms with E-state index in [2.05, 4.69) is 17.2 Å². The fraction of sp³-hybridized carbons (Fsp3) is 0.200. The van der Waals surface area contributed by atoms with Crippen LogP contribution in [-0.4, -0.2) is 25.5 Å². The molecule has 33 heavy (non-hydrogen) atoms. The van der Waals surface area contributed by atoms with Gasteiger partial charge in [-0.05, 0) is 73.0 Å². The average molecular weight is 467 g/mol. The van der Waals surface area contributed by atoms with Crippen LogP contribution < -0.4 is 15.9 Å². The standard InChI is InChI=1S/C25H23FN2O4S/c1-3-16-5-4-6-18(13-16)28-17-7-9-19(10-8-17)33(31,32)25-21(26)11-12-22-24(25)20(14-23(29)30)15(2)27-22/h4-13,15,28H,3,14H2,1-2H3,(H,29,30). The summed E-state index contributed by atoms with van der Waals surface area (Å²) in [6.45, 7) is 3.73. The molecule has 4 rings (SSSR count). The first kappa shape index (κ1) is 22.7. The first-order valence-corrected chi connectivity index (χ1v) is 12.0. The molecule has 0 aliphatic carbocycles. The normalized spacial score (nSPS) is 15.1. The van der Waals surface area contributed by atoms with Gasteiger partial charge in [-0.3, -0.25) is 9.79 Å². The van der Waals surface area contributed by atoms with Gasteiger partial charge in [-0.25, -0.2) is 12.8 Å². The molecule has 6 nitrogen and oxygen atoms in total. The minimum absolute atomic E-state index is 0.0588. The summed E-state index contributed by atoms with van der Waals surface area (Å²) in [5.41, 5.74) is 3.01. The van der Waals surface area contributed by atoms with Gasteiger partial charge in [0, 0.05) is 16.6 Å². The highest BCUT2D eigenvalue weighted by atomic mass is 32.2. The zero-order chi connectivity index (χ0) is 23.8. The number of hydrogen-bond donors (Lipinski definition) is 2. The van der Waals surface area contributed by atoms with Gasteiger partial charge in [-0.15, -0.1) is 0 Å². The van der Waals surface area contributed by atoms with Gasteiger partial charge < -0.3 is 10.4 Å². The number of carboxylic acids is 1. The van der Waals surface area contributed by atoms with Crippen molar-refractivity contribution in [1.82, 2.24) is 0 Å². The molecule has 3 aromatic carbocycles. The van der Waals surface area contributed by atoms with Crippen molar-refractivity contribution in [1.29, 1.82) is 0 Å². The minimum Gasteiger partial charge on any atom is -0.481 e. The zero-order valence-electron chi connectivity index (χ0n) is 18.2. The van der Waals surface area contributed by atoms with E-state index in [1.54, 1.807) is 19.1 Å². The van der Waals surface area contributed by atoms with Crippen LogP contribution in [0.3, 0.4) is 0 Å². The van der Waals surface area contributed by atoms with Crippen molar-refractivity contribution < 1.29 is 22.7 Å². The van der Waals surface area contributed by atoms with Gasteiger partial charge in [0.1, 0.15) is 10.7 Å². The fourth-order valence-electron chi connectivity index (χ4n) is 3.99. The Morgan fingerprint density at radius 3 is 2.48 bits per heavy atom. The maximum Gasteiger partial charge on any atom is 0.307 e. The Labute approximate surface area is 191 Å². The lowest BCUT2D eigenvalue weighted by molar-refractivity contribution is -0.135. The summed E-state index contributed by atoms with van der Waals surface area (Å²) in [7, 11) is -4.26. The van der Waals surface area contributed by atoms with Crippen LogP contribution in [0.5, 0.6) is 0 Å². The predicted octanol–water partition coefficient (Wildman–Crippen LogP) is 3.61. The van der Waals surface area contributed by atoms with Crippen molar-refractivity contribution in [2.24, 2.45) is 4.99 Å². The summed E-state index contributed by atoms with van der Waals surface area (Å²) in [5, 5.41) is 12.8. The molecule has 0 spiro atoms. The van der Waals surface area contributed by atoms with E-state index in [-0.39, 0.29) is 21.0 Å². The summed E-state index contributed by atoms with van der Waals surface area (Å²) < 4.78 is 41.8. The van der Waals surface area contributed by atoms with E-state index in [0.29, 0.717) is 5.69 Å². The Bertz CT molecular complexity index is 1470. The van der Waals surface area contributed by atoms with Gasteiger partial charge in [0.2, 0.25) is 9.84 Å². The van der Waals surface area contributed by atoms with Crippen LogP contribution in [0, 0.1) is 5.82 Å². The molecule has 1 aliphatic heterocycles. The van der Waals surface area contributed by atoms with Gasteiger partial charge >= 0.3 is 5.97 Å². The summed E-state index contributed by atoms with van der Waals surface area (Å²) in [4.78, 5) is 15.1. The second-order valence-electron chi connectivity index (χ2n) is 7.88. The van der Waals surface area contributed by atoms with Crippen LogP contribution in [0.15, 0.2) is 75.4 Å². The van der Waals surface area contributed by atoms with Crippen LogP contribution in [-0.2, 0) is 21.1 Å². The number of rotatable bonds is 7. The lowest BCUT2D eigenvalue weighted by Crippen LogP contribution is -2.32. The molecule has 0 bridgehead atoms. The van der Waals surface area contributed by atoms with Crippen molar-refractivity contribution in [2.45, 2.75) is 42.5 Å². The summed E-state index contributed by atoms with van der Waals surface area (Å²) >= 11 is 0. The maximum atomic E-state index is 14.9. The van der Waals surface area contributed by atoms with E-state index < -0.39 is 39.0 Å². The molecule has 2 N–H and O–H groups in total. The number of aryl methyl sites for hydroxylation is 1. The molecule has 0 saturated carbocycles. The Kier molecular flexibility index (Phi) is 6.03. The molecule has 3 aromatic rings. The van der Waals surface area contributed by atoms with E-state index in [4.69, 9.17) is 0 Å². The van der Waals surface area contributed by atoms with Gasteiger partial charge in [-0.1, -0.05) is 19.1 Å². The van der Waals surface area contributed by atoms with Gasteiger partial charge in [0.15, 0.2) is 0 Å². The number of aliphatic carboxylic acids is 1. The third-order valence-electron chi connectivity index (χ3n) is 5.64. The summed E-state index contributed by atoms with van der Waals surface area (Å²) in [6, 6.07) is 15.8. The molecule has 1 aliphatic rings. The summed E-state index contributed by atoms with van der Waals surface area (Å²) in [6.07, 6.45) is 0.481. The van der Waals surface area contributed by atoms with E-state index in [1.165, 1.54) is 23.8 Å². The monoisotopic (exact) mass is 466 g/mol. The number of sulfone groups is 1. The number of carboxylic acid groups (broad SMARTS) is 1. The second kappa shape index (κ2) is 8.78. The lowest BCUT2D eigenvalue weighted by Gasteiger charge is -2.11. The molecule has 0 aromatic heterocycles. The smallest absolute Gasteiger partial charge is 0.307 e. The van der Waals surface area contributed by atoms with E-state index >= 15 is 0 Å². The number of carbonyl (C=O) groups is 1. The number of benzene rings is 3. The second-order valence-corrected chi connectivity index (χ2v) is 9.76. The number of nitrogens with one attached hydrogen (secondary N) is 1. The number of halogens is 1. The SMILES string of the molecule is CCc1cccc(Nc2ccc(S(=O)(=O)c3c(F)ccc4c3=C(CC(=O)O)C(C)N=4)cc2)c1.